The fraction of sp³-hybridized carbons (Fsp3) is 0.891. The maximum absolute atomic E-state index is 12.6. The molecule has 6 heteroatoms. The van der Waals surface area contributed by atoms with Gasteiger partial charge in [0, 0.05) is 0 Å². The van der Waals surface area contributed by atoms with Gasteiger partial charge in [0.25, 0.3) is 0 Å². The van der Waals surface area contributed by atoms with Crippen molar-refractivity contribution in [3.8, 4) is 0 Å². The molecule has 0 fully saturated rings. The summed E-state index contributed by atoms with van der Waals surface area (Å²) in [6, 6.07) is -1.01. The SMILES string of the molecule is CCCCC/C=C/CC/C=C/CC/C=C/CCCC(O)C(O)C(CO)NC(=O)C(O)CCCCCCCCCCCCCCCCCCCCCCCCCCCCCCCCCCCCCCCC. The van der Waals surface area contributed by atoms with Crippen molar-refractivity contribution in [3.05, 3.63) is 36.5 Å². The molecule has 0 saturated carbocycles. The summed E-state index contributed by atoms with van der Waals surface area (Å²) in [6.45, 7) is 4.04. The normalized spacial score (nSPS) is 13.9. The van der Waals surface area contributed by atoms with E-state index in [1.807, 2.05) is 0 Å². The number of aliphatic hydroxyl groups excluding tert-OH is 4. The van der Waals surface area contributed by atoms with Crippen molar-refractivity contribution < 1.29 is 25.2 Å². The molecular weight excluding hydrogens is 863 g/mol. The molecule has 4 unspecified atom stereocenters. The summed E-state index contributed by atoms with van der Waals surface area (Å²) in [4.78, 5) is 12.6. The van der Waals surface area contributed by atoms with Crippen LogP contribution in [0.5, 0.6) is 0 Å². The molecule has 0 aromatic carbocycles. The van der Waals surface area contributed by atoms with Gasteiger partial charge in [0.05, 0.1) is 18.8 Å². The van der Waals surface area contributed by atoms with Crippen LogP contribution < -0.4 is 5.32 Å². The summed E-state index contributed by atoms with van der Waals surface area (Å²) in [5.41, 5.74) is 0. The zero-order valence-corrected chi connectivity index (χ0v) is 47.0. The van der Waals surface area contributed by atoms with Crippen LogP contribution in [0.2, 0.25) is 0 Å². The first-order chi connectivity index (χ1) is 34.5. The van der Waals surface area contributed by atoms with Gasteiger partial charge in [-0.2, -0.15) is 0 Å². The highest BCUT2D eigenvalue weighted by Crippen LogP contribution is 2.19. The molecule has 0 spiro atoms. The molecule has 0 heterocycles. The Balaban J connectivity index is 3.51. The number of allylic oxidation sites excluding steroid dienone is 6. The van der Waals surface area contributed by atoms with Gasteiger partial charge in [-0.1, -0.05) is 307 Å². The second-order valence-corrected chi connectivity index (χ2v) is 21.7. The fourth-order valence-corrected chi connectivity index (χ4v) is 9.91. The van der Waals surface area contributed by atoms with E-state index in [4.69, 9.17) is 0 Å². The molecule has 1 amide bonds. The van der Waals surface area contributed by atoms with E-state index in [1.54, 1.807) is 0 Å². The van der Waals surface area contributed by atoms with Crippen LogP contribution in [0.25, 0.3) is 0 Å². The Morgan fingerprint density at radius 2 is 0.600 bits per heavy atom. The lowest BCUT2D eigenvalue weighted by atomic mass is 10.00. The number of rotatable bonds is 58. The van der Waals surface area contributed by atoms with Gasteiger partial charge in [-0.25, -0.2) is 0 Å². The maximum Gasteiger partial charge on any atom is 0.249 e. The molecule has 0 aromatic heterocycles. The minimum atomic E-state index is -1.29. The van der Waals surface area contributed by atoms with Crippen LogP contribution in [0, 0.1) is 0 Å². The van der Waals surface area contributed by atoms with Crippen molar-refractivity contribution in [1.82, 2.24) is 5.32 Å². The molecule has 414 valence electrons. The summed E-state index contributed by atoms with van der Waals surface area (Å²) in [7, 11) is 0. The third kappa shape index (κ3) is 51.4. The number of aliphatic hydroxyl groups is 4. The highest BCUT2D eigenvalue weighted by Gasteiger charge is 2.28. The average Bonchev–Trinajstić information content (AvgIpc) is 3.36. The highest BCUT2D eigenvalue weighted by molar-refractivity contribution is 5.80. The summed E-state index contributed by atoms with van der Waals surface area (Å²) in [5, 5.41) is 43.9. The number of nitrogens with one attached hydrogen (secondary N) is 1. The Kier molecular flexibility index (Phi) is 57.2. The van der Waals surface area contributed by atoms with Gasteiger partial charge in [-0.3, -0.25) is 4.79 Å². The number of carbonyl (C=O) groups is 1. The lowest BCUT2D eigenvalue weighted by Gasteiger charge is -2.27. The second kappa shape index (κ2) is 58.4. The smallest absolute Gasteiger partial charge is 0.249 e. The minimum absolute atomic E-state index is 0.362. The fourth-order valence-electron chi connectivity index (χ4n) is 9.91. The number of hydrogen-bond acceptors (Lipinski definition) is 5. The predicted octanol–water partition coefficient (Wildman–Crippen LogP) is 18.8. The molecule has 4 atom stereocenters. The van der Waals surface area contributed by atoms with E-state index in [0.29, 0.717) is 19.3 Å². The summed E-state index contributed by atoms with van der Waals surface area (Å²) >= 11 is 0. The standard InChI is InChI=1S/C64H123NO5/c1-3-5-7-9-11-13-15-17-19-21-22-23-24-25-26-27-28-29-30-31-32-33-34-35-36-37-38-39-40-41-42-44-46-48-50-52-54-56-58-62(68)64(70)65-60(59-66)63(69)61(67)57-55-53-51-49-47-45-43-20-18-16-14-12-10-8-6-4-2/h12,14,20,43,49,51,60-63,66-69H,3-11,13,15-19,21-42,44-48,50,52-59H2,1-2H3,(H,65,70)/b14-12+,43-20+,51-49+. The first-order valence-electron chi connectivity index (χ1n) is 31.4. The number of amides is 1. The minimum Gasteiger partial charge on any atom is -0.394 e. The Hall–Kier alpha value is -1.47. The van der Waals surface area contributed by atoms with E-state index < -0.39 is 36.9 Å². The molecule has 0 aliphatic heterocycles. The molecule has 6 nitrogen and oxygen atoms in total. The first kappa shape index (κ1) is 68.5. The topological polar surface area (TPSA) is 110 Å². The highest BCUT2D eigenvalue weighted by atomic mass is 16.3. The van der Waals surface area contributed by atoms with E-state index >= 15 is 0 Å². The van der Waals surface area contributed by atoms with Crippen LogP contribution in [0.15, 0.2) is 36.5 Å². The molecule has 5 N–H and O–H groups in total. The summed E-state index contributed by atoms with van der Waals surface area (Å²) in [6.07, 6.45) is 74.1. The maximum atomic E-state index is 12.6. The molecule has 0 rings (SSSR count). The van der Waals surface area contributed by atoms with E-state index in [0.717, 1.165) is 51.4 Å². The van der Waals surface area contributed by atoms with Crippen LogP contribution >= 0.6 is 0 Å². The first-order valence-corrected chi connectivity index (χ1v) is 31.4. The molecule has 0 aromatic rings. The van der Waals surface area contributed by atoms with Crippen LogP contribution in [-0.4, -0.2) is 57.3 Å². The zero-order chi connectivity index (χ0) is 50.9. The van der Waals surface area contributed by atoms with Gasteiger partial charge in [-0.15, -0.1) is 0 Å². The lowest BCUT2D eigenvalue weighted by molar-refractivity contribution is -0.132. The third-order valence-corrected chi connectivity index (χ3v) is 14.8. The molecule has 0 radical (unpaired) electrons. The molecule has 0 bridgehead atoms. The number of hydrogen-bond donors (Lipinski definition) is 5. The molecule has 70 heavy (non-hydrogen) atoms. The Bertz CT molecular complexity index is 1110. The van der Waals surface area contributed by atoms with Crippen molar-refractivity contribution in [3.63, 3.8) is 0 Å². The van der Waals surface area contributed by atoms with Gasteiger partial charge >= 0.3 is 0 Å². The van der Waals surface area contributed by atoms with Crippen LogP contribution in [-0.2, 0) is 4.79 Å². The van der Waals surface area contributed by atoms with Crippen molar-refractivity contribution in [1.29, 1.82) is 0 Å². The van der Waals surface area contributed by atoms with Crippen LogP contribution in [0.3, 0.4) is 0 Å². The Labute approximate surface area is 437 Å². The summed E-state index contributed by atoms with van der Waals surface area (Å²) < 4.78 is 0. The number of carbonyl (C=O) groups excluding carboxylic acids is 1. The van der Waals surface area contributed by atoms with E-state index in [2.05, 4.69) is 55.6 Å². The zero-order valence-electron chi connectivity index (χ0n) is 47.0. The van der Waals surface area contributed by atoms with Gasteiger partial charge in [0.15, 0.2) is 0 Å². The molecule has 0 aliphatic rings. The van der Waals surface area contributed by atoms with Gasteiger partial charge in [0.1, 0.15) is 12.2 Å². The Morgan fingerprint density at radius 3 is 0.900 bits per heavy atom. The Morgan fingerprint density at radius 1 is 0.343 bits per heavy atom. The van der Waals surface area contributed by atoms with Crippen molar-refractivity contribution in [2.75, 3.05) is 6.61 Å². The van der Waals surface area contributed by atoms with Crippen LogP contribution in [0.1, 0.15) is 335 Å². The van der Waals surface area contributed by atoms with Crippen molar-refractivity contribution >= 4 is 5.91 Å². The van der Waals surface area contributed by atoms with E-state index in [-0.39, 0.29) is 0 Å². The molecular formula is C64H123NO5. The largest absolute Gasteiger partial charge is 0.394 e. The third-order valence-electron chi connectivity index (χ3n) is 14.8. The van der Waals surface area contributed by atoms with Gasteiger partial charge in [0.2, 0.25) is 5.91 Å². The molecule has 0 saturated heterocycles. The second-order valence-electron chi connectivity index (χ2n) is 21.7. The quantitative estimate of drug-likeness (QED) is 0.0308. The van der Waals surface area contributed by atoms with E-state index in [1.165, 1.54) is 250 Å². The van der Waals surface area contributed by atoms with Gasteiger partial charge < -0.3 is 25.7 Å². The lowest BCUT2D eigenvalue weighted by Crippen LogP contribution is -2.53. The van der Waals surface area contributed by atoms with Crippen molar-refractivity contribution in [2.24, 2.45) is 0 Å². The van der Waals surface area contributed by atoms with E-state index in [9.17, 15) is 25.2 Å². The predicted molar refractivity (Wildman–Crippen MR) is 307 cm³/mol. The number of unbranched alkanes of at least 4 members (excludes halogenated alkanes) is 43. The van der Waals surface area contributed by atoms with Crippen LogP contribution in [0.4, 0.5) is 0 Å². The average molecular weight is 987 g/mol. The summed E-state index contributed by atoms with van der Waals surface area (Å²) in [5.74, 6) is -0.595. The van der Waals surface area contributed by atoms with Gasteiger partial charge in [-0.05, 0) is 64.2 Å². The molecule has 0 aliphatic carbocycles. The van der Waals surface area contributed by atoms with Crippen molar-refractivity contribution in [2.45, 2.75) is 359 Å². The monoisotopic (exact) mass is 986 g/mol.